The number of hydrogen-bond acceptors (Lipinski definition) is 6. The van der Waals surface area contributed by atoms with Crippen LogP contribution in [0, 0.1) is 0 Å². The Kier molecular flexibility index (Phi) is 11.5. The SMILES string of the molecule is COc1cccc(CN(C(=O)CCCN(c2ccc(OC)c(Cl)c2)S(C)(=O)=O)[C@@H](C)C(=O)NC2CCCCC2)c1. The zero-order valence-electron chi connectivity index (χ0n) is 23.7. The molecule has 2 aromatic rings. The summed E-state index contributed by atoms with van der Waals surface area (Å²) in [6, 6.07) is 11.5. The number of carbonyl (C=O) groups is 2. The molecule has 11 heteroatoms. The number of ether oxygens (including phenoxy) is 2. The average molecular weight is 594 g/mol. The molecule has 2 amide bonds. The Bertz CT molecular complexity index is 1270. The number of rotatable bonds is 13. The molecule has 0 saturated heterocycles. The number of carbonyl (C=O) groups excluding carboxylic acids is 2. The molecule has 0 unspecified atom stereocenters. The summed E-state index contributed by atoms with van der Waals surface area (Å²) in [7, 11) is -0.588. The predicted molar refractivity (Wildman–Crippen MR) is 157 cm³/mol. The first-order valence-corrected chi connectivity index (χ1v) is 15.8. The topological polar surface area (TPSA) is 105 Å². The van der Waals surface area contributed by atoms with Crippen LogP contribution in [0.25, 0.3) is 0 Å². The lowest BCUT2D eigenvalue weighted by Crippen LogP contribution is -2.50. The standard InChI is InChI=1S/C29H40ClN3O6S/c1-21(29(35)31-23-11-6-5-7-12-23)32(20-22-10-8-13-25(18-22)38-2)28(34)14-9-17-33(40(4,36)37)24-15-16-27(39-3)26(30)19-24/h8,10,13,15-16,18-19,21,23H,5-7,9,11-12,14,17,20H2,1-4H3,(H,31,35)/t21-/m0/s1. The highest BCUT2D eigenvalue weighted by Crippen LogP contribution is 2.30. The van der Waals surface area contributed by atoms with E-state index in [-0.39, 0.29) is 48.8 Å². The van der Waals surface area contributed by atoms with E-state index in [1.165, 1.54) is 23.9 Å². The van der Waals surface area contributed by atoms with Crippen LogP contribution in [0.1, 0.15) is 57.4 Å². The van der Waals surface area contributed by atoms with E-state index in [4.69, 9.17) is 21.1 Å². The molecule has 3 rings (SSSR count). The van der Waals surface area contributed by atoms with Gasteiger partial charge < -0.3 is 19.7 Å². The van der Waals surface area contributed by atoms with Gasteiger partial charge in [0.15, 0.2) is 0 Å². The number of nitrogens with zero attached hydrogens (tertiary/aromatic N) is 2. The zero-order valence-corrected chi connectivity index (χ0v) is 25.3. The number of anilines is 1. The molecular weight excluding hydrogens is 554 g/mol. The fourth-order valence-corrected chi connectivity index (χ4v) is 6.14. The number of benzene rings is 2. The highest BCUT2D eigenvalue weighted by molar-refractivity contribution is 7.92. The van der Waals surface area contributed by atoms with Crippen molar-refractivity contribution in [2.45, 2.75) is 70.5 Å². The molecule has 0 spiro atoms. The highest BCUT2D eigenvalue weighted by Gasteiger charge is 2.28. The molecular formula is C29H40ClN3O6S. The van der Waals surface area contributed by atoms with E-state index in [0.29, 0.717) is 17.2 Å². The van der Waals surface area contributed by atoms with Gasteiger partial charge in [0, 0.05) is 25.6 Å². The van der Waals surface area contributed by atoms with Crippen LogP contribution in [0.4, 0.5) is 5.69 Å². The van der Waals surface area contributed by atoms with Crippen molar-refractivity contribution in [3.05, 3.63) is 53.1 Å². The summed E-state index contributed by atoms with van der Waals surface area (Å²) in [5.74, 6) is 0.665. The average Bonchev–Trinajstić information content (AvgIpc) is 2.93. The maximum Gasteiger partial charge on any atom is 0.242 e. The predicted octanol–water partition coefficient (Wildman–Crippen LogP) is 4.77. The monoisotopic (exact) mass is 593 g/mol. The number of halogens is 1. The lowest BCUT2D eigenvalue weighted by atomic mass is 9.95. The molecule has 0 aliphatic heterocycles. The van der Waals surface area contributed by atoms with Gasteiger partial charge in [-0.3, -0.25) is 13.9 Å². The summed E-state index contributed by atoms with van der Waals surface area (Å²) >= 11 is 6.23. The van der Waals surface area contributed by atoms with Gasteiger partial charge in [0.25, 0.3) is 0 Å². The Morgan fingerprint density at radius 1 is 1.07 bits per heavy atom. The molecule has 1 N–H and O–H groups in total. The van der Waals surface area contributed by atoms with Crippen LogP contribution in [0.2, 0.25) is 5.02 Å². The first-order valence-electron chi connectivity index (χ1n) is 13.6. The molecule has 2 aromatic carbocycles. The minimum absolute atomic E-state index is 0.0565. The smallest absolute Gasteiger partial charge is 0.242 e. The summed E-state index contributed by atoms with van der Waals surface area (Å²) in [5, 5.41) is 3.41. The third kappa shape index (κ3) is 8.76. The Labute approximate surface area is 242 Å². The molecule has 0 heterocycles. The van der Waals surface area contributed by atoms with Gasteiger partial charge in [-0.15, -0.1) is 0 Å². The molecule has 1 fully saturated rings. The molecule has 1 aliphatic carbocycles. The van der Waals surface area contributed by atoms with Crippen molar-refractivity contribution in [2.24, 2.45) is 0 Å². The van der Waals surface area contributed by atoms with E-state index in [2.05, 4.69) is 5.32 Å². The van der Waals surface area contributed by atoms with Crippen molar-refractivity contribution >= 4 is 39.1 Å². The molecule has 0 bridgehead atoms. The van der Waals surface area contributed by atoms with Gasteiger partial charge >= 0.3 is 0 Å². The van der Waals surface area contributed by atoms with Gasteiger partial charge in [-0.25, -0.2) is 8.42 Å². The van der Waals surface area contributed by atoms with Crippen LogP contribution in [-0.4, -0.2) is 64.2 Å². The second-order valence-corrected chi connectivity index (χ2v) is 12.5. The third-order valence-electron chi connectivity index (χ3n) is 7.18. The van der Waals surface area contributed by atoms with Crippen LogP contribution in [0.15, 0.2) is 42.5 Å². The third-order valence-corrected chi connectivity index (χ3v) is 8.67. The summed E-state index contributed by atoms with van der Waals surface area (Å²) in [6.45, 7) is 2.03. The minimum Gasteiger partial charge on any atom is -0.497 e. The van der Waals surface area contributed by atoms with E-state index >= 15 is 0 Å². The Balaban J connectivity index is 1.74. The summed E-state index contributed by atoms with van der Waals surface area (Å²) in [4.78, 5) is 28.3. The van der Waals surface area contributed by atoms with Crippen molar-refractivity contribution in [1.29, 1.82) is 0 Å². The second kappa shape index (κ2) is 14.6. The highest BCUT2D eigenvalue weighted by atomic mass is 35.5. The van der Waals surface area contributed by atoms with E-state index < -0.39 is 16.1 Å². The number of nitrogens with one attached hydrogen (secondary N) is 1. The van der Waals surface area contributed by atoms with Gasteiger partial charge in [0.2, 0.25) is 21.8 Å². The largest absolute Gasteiger partial charge is 0.497 e. The van der Waals surface area contributed by atoms with Crippen molar-refractivity contribution in [3.8, 4) is 11.5 Å². The van der Waals surface area contributed by atoms with Gasteiger partial charge in [-0.1, -0.05) is 43.0 Å². The lowest BCUT2D eigenvalue weighted by Gasteiger charge is -2.31. The van der Waals surface area contributed by atoms with Crippen molar-refractivity contribution < 1.29 is 27.5 Å². The van der Waals surface area contributed by atoms with Gasteiger partial charge in [-0.05, 0) is 62.1 Å². The van der Waals surface area contributed by atoms with Crippen LogP contribution in [0.3, 0.4) is 0 Å². The molecule has 0 radical (unpaired) electrons. The minimum atomic E-state index is -3.64. The number of amides is 2. The van der Waals surface area contributed by atoms with E-state index in [9.17, 15) is 18.0 Å². The Hall–Kier alpha value is -2.98. The van der Waals surface area contributed by atoms with Crippen LogP contribution >= 0.6 is 11.6 Å². The maximum absolute atomic E-state index is 13.6. The number of sulfonamides is 1. The van der Waals surface area contributed by atoms with Crippen LogP contribution in [0.5, 0.6) is 11.5 Å². The molecule has 0 aromatic heterocycles. The van der Waals surface area contributed by atoms with Crippen LogP contribution in [-0.2, 0) is 26.2 Å². The van der Waals surface area contributed by atoms with Gasteiger partial charge in [0.05, 0.1) is 31.2 Å². The van der Waals surface area contributed by atoms with Gasteiger partial charge in [0.1, 0.15) is 17.5 Å². The van der Waals surface area contributed by atoms with Crippen molar-refractivity contribution in [1.82, 2.24) is 10.2 Å². The molecule has 1 aliphatic rings. The summed E-state index contributed by atoms with van der Waals surface area (Å²) < 4.78 is 36.9. The Morgan fingerprint density at radius 3 is 2.42 bits per heavy atom. The number of methoxy groups -OCH3 is 2. The van der Waals surface area contributed by atoms with E-state index in [1.807, 2.05) is 24.3 Å². The van der Waals surface area contributed by atoms with Crippen LogP contribution < -0.4 is 19.1 Å². The van der Waals surface area contributed by atoms with E-state index in [0.717, 1.165) is 37.5 Å². The molecule has 220 valence electrons. The zero-order chi connectivity index (χ0) is 29.3. The summed E-state index contributed by atoms with van der Waals surface area (Å²) in [6.07, 6.45) is 6.65. The van der Waals surface area contributed by atoms with E-state index in [1.54, 1.807) is 31.1 Å². The Morgan fingerprint density at radius 2 is 1.80 bits per heavy atom. The first-order chi connectivity index (χ1) is 19.0. The fraction of sp³-hybridized carbons (Fsp3) is 0.517. The first kappa shape index (κ1) is 31.5. The molecule has 40 heavy (non-hydrogen) atoms. The van der Waals surface area contributed by atoms with Crippen molar-refractivity contribution in [3.63, 3.8) is 0 Å². The summed E-state index contributed by atoms with van der Waals surface area (Å²) in [5.41, 5.74) is 1.21. The maximum atomic E-state index is 13.6. The molecule has 1 saturated carbocycles. The normalized spacial score (nSPS) is 14.7. The quantitative estimate of drug-likeness (QED) is 0.359. The molecule has 1 atom stereocenters. The van der Waals surface area contributed by atoms with Crippen molar-refractivity contribution in [2.75, 3.05) is 31.3 Å². The van der Waals surface area contributed by atoms with Gasteiger partial charge in [-0.2, -0.15) is 0 Å². The number of hydrogen-bond donors (Lipinski definition) is 1. The second-order valence-electron chi connectivity index (χ2n) is 10.2. The molecule has 9 nitrogen and oxygen atoms in total. The fourth-order valence-electron chi connectivity index (χ4n) is 4.93. The lowest BCUT2D eigenvalue weighted by molar-refractivity contribution is -0.141.